The normalized spacial score (nSPS) is 16.2. The number of thioether (sulfide) groups is 1. The van der Waals surface area contributed by atoms with Crippen molar-refractivity contribution < 1.29 is 22.8 Å². The standard InChI is InChI=1S/C25H21F3N2O2S/c1-15-9-10-21(16(2)11-15)30-22(31)14-33-24(30)18-6-4-8-20(13-18)29-23(32)17-5-3-7-19(12-17)25(26,27)28/h3-13,24H,14H2,1-2H3,(H,29,32). The van der Waals surface area contributed by atoms with Crippen LogP contribution in [-0.4, -0.2) is 17.6 Å². The van der Waals surface area contributed by atoms with Gasteiger partial charge in [0.15, 0.2) is 0 Å². The molecule has 4 rings (SSSR count). The Bertz CT molecular complexity index is 1230. The molecule has 0 radical (unpaired) electrons. The van der Waals surface area contributed by atoms with Gasteiger partial charge in [0.25, 0.3) is 5.91 Å². The lowest BCUT2D eigenvalue weighted by Gasteiger charge is -2.26. The highest BCUT2D eigenvalue weighted by Gasteiger charge is 2.35. The zero-order chi connectivity index (χ0) is 23.8. The lowest BCUT2D eigenvalue weighted by Crippen LogP contribution is -2.28. The molecule has 1 aliphatic heterocycles. The summed E-state index contributed by atoms with van der Waals surface area (Å²) in [4.78, 5) is 27.0. The average Bonchev–Trinajstić information content (AvgIpc) is 3.14. The number of aryl methyl sites for hydroxylation is 2. The molecule has 1 atom stereocenters. The topological polar surface area (TPSA) is 49.4 Å². The largest absolute Gasteiger partial charge is 0.416 e. The van der Waals surface area contributed by atoms with E-state index in [9.17, 15) is 22.8 Å². The van der Waals surface area contributed by atoms with Crippen molar-refractivity contribution in [3.8, 4) is 0 Å². The van der Waals surface area contributed by atoms with E-state index in [1.54, 1.807) is 23.1 Å². The first-order chi connectivity index (χ1) is 15.6. The van der Waals surface area contributed by atoms with Gasteiger partial charge < -0.3 is 5.32 Å². The number of nitrogens with one attached hydrogen (secondary N) is 1. The van der Waals surface area contributed by atoms with Gasteiger partial charge in [-0.25, -0.2) is 0 Å². The molecular weight excluding hydrogens is 449 g/mol. The molecule has 0 bridgehead atoms. The molecule has 2 amide bonds. The summed E-state index contributed by atoms with van der Waals surface area (Å²) in [6, 6.07) is 17.2. The maximum absolute atomic E-state index is 13.0. The lowest BCUT2D eigenvalue weighted by atomic mass is 10.1. The van der Waals surface area contributed by atoms with Crippen molar-refractivity contribution in [3.63, 3.8) is 0 Å². The summed E-state index contributed by atoms with van der Waals surface area (Å²) in [6.07, 6.45) is -4.53. The van der Waals surface area contributed by atoms with E-state index in [0.29, 0.717) is 11.4 Å². The van der Waals surface area contributed by atoms with Gasteiger partial charge in [-0.3, -0.25) is 14.5 Å². The Balaban J connectivity index is 1.59. The molecule has 0 saturated carbocycles. The van der Waals surface area contributed by atoms with Crippen molar-refractivity contribution in [2.45, 2.75) is 25.4 Å². The minimum atomic E-state index is -4.53. The van der Waals surface area contributed by atoms with Crippen LogP contribution in [-0.2, 0) is 11.0 Å². The van der Waals surface area contributed by atoms with E-state index in [4.69, 9.17) is 0 Å². The summed E-state index contributed by atoms with van der Waals surface area (Å²) in [7, 11) is 0. The number of halogens is 3. The van der Waals surface area contributed by atoms with Crippen LogP contribution in [0.5, 0.6) is 0 Å². The van der Waals surface area contributed by atoms with Crippen LogP contribution < -0.4 is 10.2 Å². The van der Waals surface area contributed by atoms with Crippen molar-refractivity contribution >= 4 is 35.0 Å². The number of anilines is 2. The first kappa shape index (κ1) is 22.9. The first-order valence-corrected chi connectivity index (χ1v) is 11.3. The first-order valence-electron chi connectivity index (χ1n) is 10.2. The molecule has 0 aliphatic carbocycles. The summed E-state index contributed by atoms with van der Waals surface area (Å²) in [5.41, 5.74) is 3.21. The van der Waals surface area contributed by atoms with Crippen molar-refractivity contribution in [2.75, 3.05) is 16.0 Å². The van der Waals surface area contributed by atoms with Crippen molar-refractivity contribution in [1.29, 1.82) is 0 Å². The molecule has 1 aliphatic rings. The number of alkyl halides is 3. The summed E-state index contributed by atoms with van der Waals surface area (Å²) in [6.45, 7) is 3.95. The lowest BCUT2D eigenvalue weighted by molar-refractivity contribution is -0.137. The highest BCUT2D eigenvalue weighted by Crippen LogP contribution is 2.43. The zero-order valence-electron chi connectivity index (χ0n) is 17.9. The van der Waals surface area contributed by atoms with Gasteiger partial charge in [-0.05, 0) is 61.4 Å². The smallest absolute Gasteiger partial charge is 0.322 e. The second-order valence-electron chi connectivity index (χ2n) is 7.88. The number of carbonyl (C=O) groups is 2. The van der Waals surface area contributed by atoms with Crippen molar-refractivity contribution in [3.05, 3.63) is 94.5 Å². The van der Waals surface area contributed by atoms with Crippen LogP contribution >= 0.6 is 11.8 Å². The van der Waals surface area contributed by atoms with Crippen LogP contribution in [0.15, 0.2) is 66.7 Å². The van der Waals surface area contributed by atoms with E-state index in [1.807, 2.05) is 38.1 Å². The molecule has 1 fully saturated rings. The second kappa shape index (κ2) is 8.94. The van der Waals surface area contributed by atoms with E-state index in [1.165, 1.54) is 23.9 Å². The minimum absolute atomic E-state index is 0.00430. The number of nitrogens with zero attached hydrogens (tertiary/aromatic N) is 1. The van der Waals surface area contributed by atoms with E-state index in [-0.39, 0.29) is 16.8 Å². The van der Waals surface area contributed by atoms with Gasteiger partial charge in [-0.2, -0.15) is 13.2 Å². The molecule has 3 aromatic rings. The predicted molar refractivity (Wildman–Crippen MR) is 124 cm³/mol. The minimum Gasteiger partial charge on any atom is -0.322 e. The molecule has 1 unspecified atom stereocenters. The van der Waals surface area contributed by atoms with Crippen LogP contribution in [0, 0.1) is 13.8 Å². The molecule has 0 aromatic heterocycles. The quantitative estimate of drug-likeness (QED) is 0.483. The fourth-order valence-electron chi connectivity index (χ4n) is 3.82. The third kappa shape index (κ3) is 4.90. The van der Waals surface area contributed by atoms with Crippen LogP contribution in [0.2, 0.25) is 0 Å². The third-order valence-electron chi connectivity index (χ3n) is 5.36. The van der Waals surface area contributed by atoms with Crippen molar-refractivity contribution in [2.24, 2.45) is 0 Å². The van der Waals surface area contributed by atoms with Gasteiger partial charge in [0.05, 0.1) is 11.3 Å². The average molecular weight is 471 g/mol. The van der Waals surface area contributed by atoms with Gasteiger partial charge in [0.2, 0.25) is 5.91 Å². The molecule has 4 nitrogen and oxygen atoms in total. The van der Waals surface area contributed by atoms with Gasteiger partial charge in [-0.1, -0.05) is 35.9 Å². The fourth-order valence-corrected chi connectivity index (χ4v) is 4.98. The van der Waals surface area contributed by atoms with Crippen LogP contribution in [0.3, 0.4) is 0 Å². The Kier molecular flexibility index (Phi) is 6.21. The van der Waals surface area contributed by atoms with E-state index < -0.39 is 17.6 Å². The monoisotopic (exact) mass is 470 g/mol. The zero-order valence-corrected chi connectivity index (χ0v) is 18.8. The maximum atomic E-state index is 13.0. The molecule has 0 spiro atoms. The highest BCUT2D eigenvalue weighted by molar-refractivity contribution is 8.00. The number of carbonyl (C=O) groups excluding carboxylic acids is 2. The Morgan fingerprint density at radius 3 is 2.52 bits per heavy atom. The summed E-state index contributed by atoms with van der Waals surface area (Å²) in [5.74, 6) is -0.311. The number of benzene rings is 3. The molecule has 1 heterocycles. The maximum Gasteiger partial charge on any atom is 0.416 e. The predicted octanol–water partition coefficient (Wildman–Crippen LogP) is 6.35. The number of amides is 2. The number of hydrogen-bond donors (Lipinski definition) is 1. The van der Waals surface area contributed by atoms with E-state index in [2.05, 4.69) is 5.32 Å². The molecule has 8 heteroatoms. The molecule has 170 valence electrons. The van der Waals surface area contributed by atoms with E-state index >= 15 is 0 Å². The van der Waals surface area contributed by atoms with Gasteiger partial charge in [0.1, 0.15) is 5.37 Å². The van der Waals surface area contributed by atoms with E-state index in [0.717, 1.165) is 34.5 Å². The highest BCUT2D eigenvalue weighted by atomic mass is 32.2. The number of rotatable bonds is 4. The molecular formula is C25H21F3N2O2S. The molecule has 33 heavy (non-hydrogen) atoms. The fraction of sp³-hybridized carbons (Fsp3) is 0.200. The van der Waals surface area contributed by atoms with Crippen LogP contribution in [0.4, 0.5) is 24.5 Å². The van der Waals surface area contributed by atoms with Gasteiger partial charge >= 0.3 is 6.18 Å². The molecule has 1 N–H and O–H groups in total. The Morgan fingerprint density at radius 1 is 1.03 bits per heavy atom. The Hall–Kier alpha value is -3.26. The Labute approximate surface area is 193 Å². The van der Waals surface area contributed by atoms with Crippen LogP contribution in [0.1, 0.15) is 38.0 Å². The summed E-state index contributed by atoms with van der Waals surface area (Å²) < 4.78 is 38.9. The summed E-state index contributed by atoms with van der Waals surface area (Å²) >= 11 is 1.49. The van der Waals surface area contributed by atoms with Gasteiger partial charge in [0, 0.05) is 16.9 Å². The second-order valence-corrected chi connectivity index (χ2v) is 8.94. The SMILES string of the molecule is Cc1ccc(N2C(=O)CSC2c2cccc(NC(=O)c3cccc(C(F)(F)F)c3)c2)c(C)c1. The Morgan fingerprint density at radius 2 is 1.79 bits per heavy atom. The molecule has 1 saturated heterocycles. The third-order valence-corrected chi connectivity index (χ3v) is 6.57. The van der Waals surface area contributed by atoms with Crippen molar-refractivity contribution in [1.82, 2.24) is 0 Å². The van der Waals surface area contributed by atoms with Crippen LogP contribution in [0.25, 0.3) is 0 Å². The van der Waals surface area contributed by atoms with Gasteiger partial charge in [-0.15, -0.1) is 11.8 Å². The number of hydrogen-bond acceptors (Lipinski definition) is 3. The summed E-state index contributed by atoms with van der Waals surface area (Å²) in [5, 5.41) is 2.39. The molecule has 3 aromatic carbocycles.